The van der Waals surface area contributed by atoms with E-state index in [2.05, 4.69) is 5.32 Å². The van der Waals surface area contributed by atoms with Crippen LogP contribution < -0.4 is 5.32 Å². The molecule has 0 bridgehead atoms. The molecular formula is C24H24ClNO4S. The zero-order chi connectivity index (χ0) is 22.4. The standard InChI is InChI=1S/C24H24ClNO4S/c1-3-31(28,29)20-11-8-17(9-12-20)14-24(27)26-19-10-13-22(23(25)15-19)21-7-5-4-6-18(21)16-30-2/h4-13,15H,3,14,16H2,1-2H3,(H,26,27). The van der Waals surface area contributed by atoms with Gasteiger partial charge in [0.15, 0.2) is 9.84 Å². The first kappa shape index (κ1) is 23.0. The Kier molecular flexibility index (Phi) is 7.49. The Bertz CT molecular complexity index is 1170. The van der Waals surface area contributed by atoms with Gasteiger partial charge >= 0.3 is 0 Å². The summed E-state index contributed by atoms with van der Waals surface area (Å²) in [6, 6.07) is 19.6. The van der Waals surface area contributed by atoms with Gasteiger partial charge in [-0.3, -0.25) is 4.79 Å². The zero-order valence-electron chi connectivity index (χ0n) is 17.4. The van der Waals surface area contributed by atoms with E-state index in [1.165, 1.54) is 12.1 Å². The van der Waals surface area contributed by atoms with Crippen molar-refractivity contribution in [3.8, 4) is 11.1 Å². The van der Waals surface area contributed by atoms with Crippen molar-refractivity contribution >= 4 is 33.0 Å². The Balaban J connectivity index is 1.71. The van der Waals surface area contributed by atoms with E-state index < -0.39 is 9.84 Å². The van der Waals surface area contributed by atoms with Gasteiger partial charge in [0, 0.05) is 18.4 Å². The molecule has 162 valence electrons. The first-order valence-corrected chi connectivity index (χ1v) is 11.9. The molecule has 0 saturated carbocycles. The second-order valence-electron chi connectivity index (χ2n) is 7.06. The number of benzene rings is 3. The summed E-state index contributed by atoms with van der Waals surface area (Å²) >= 11 is 6.50. The highest BCUT2D eigenvalue weighted by molar-refractivity contribution is 7.91. The van der Waals surface area contributed by atoms with Crippen LogP contribution in [0.25, 0.3) is 11.1 Å². The van der Waals surface area contributed by atoms with E-state index >= 15 is 0 Å². The van der Waals surface area contributed by atoms with Gasteiger partial charge in [-0.05, 0) is 41.0 Å². The smallest absolute Gasteiger partial charge is 0.228 e. The topological polar surface area (TPSA) is 72.5 Å². The number of methoxy groups -OCH3 is 1. The summed E-state index contributed by atoms with van der Waals surface area (Å²) in [6.07, 6.45) is 0.127. The summed E-state index contributed by atoms with van der Waals surface area (Å²) < 4.78 is 29.1. The van der Waals surface area contributed by atoms with Gasteiger partial charge < -0.3 is 10.1 Å². The molecule has 3 rings (SSSR count). The number of rotatable bonds is 8. The number of amides is 1. The van der Waals surface area contributed by atoms with Crippen LogP contribution in [-0.4, -0.2) is 27.2 Å². The minimum Gasteiger partial charge on any atom is -0.380 e. The maximum absolute atomic E-state index is 12.4. The fraction of sp³-hybridized carbons (Fsp3) is 0.208. The quantitative estimate of drug-likeness (QED) is 0.509. The predicted molar refractivity (Wildman–Crippen MR) is 124 cm³/mol. The van der Waals surface area contributed by atoms with Crippen LogP contribution in [0.5, 0.6) is 0 Å². The maximum atomic E-state index is 12.4. The Morgan fingerprint density at radius 3 is 2.35 bits per heavy atom. The lowest BCUT2D eigenvalue weighted by atomic mass is 9.99. The molecule has 0 saturated heterocycles. The van der Waals surface area contributed by atoms with Gasteiger partial charge in [0.25, 0.3) is 0 Å². The highest BCUT2D eigenvalue weighted by Crippen LogP contribution is 2.33. The summed E-state index contributed by atoms with van der Waals surface area (Å²) in [4.78, 5) is 12.7. The van der Waals surface area contributed by atoms with E-state index in [-0.39, 0.29) is 23.0 Å². The van der Waals surface area contributed by atoms with E-state index in [0.717, 1.165) is 22.3 Å². The van der Waals surface area contributed by atoms with Crippen molar-refractivity contribution < 1.29 is 17.9 Å². The summed E-state index contributed by atoms with van der Waals surface area (Å²) in [6.45, 7) is 2.08. The van der Waals surface area contributed by atoms with E-state index in [4.69, 9.17) is 16.3 Å². The third-order valence-electron chi connectivity index (χ3n) is 4.89. The van der Waals surface area contributed by atoms with Gasteiger partial charge in [0.2, 0.25) is 5.91 Å². The SMILES string of the molecule is CCS(=O)(=O)c1ccc(CC(=O)Nc2ccc(-c3ccccc3COC)c(Cl)c2)cc1. The van der Waals surface area contributed by atoms with Crippen LogP contribution in [0.4, 0.5) is 5.69 Å². The molecule has 5 nitrogen and oxygen atoms in total. The number of nitrogens with one attached hydrogen (secondary N) is 1. The number of ether oxygens (including phenoxy) is 1. The lowest BCUT2D eigenvalue weighted by molar-refractivity contribution is -0.115. The number of carbonyl (C=O) groups is 1. The Morgan fingerprint density at radius 1 is 1.00 bits per heavy atom. The van der Waals surface area contributed by atoms with Crippen molar-refractivity contribution in [2.24, 2.45) is 0 Å². The molecule has 1 N–H and O–H groups in total. The van der Waals surface area contributed by atoms with Crippen LogP contribution in [-0.2, 0) is 32.4 Å². The van der Waals surface area contributed by atoms with E-state index in [0.29, 0.717) is 17.3 Å². The normalized spacial score (nSPS) is 11.3. The van der Waals surface area contributed by atoms with Crippen molar-refractivity contribution in [2.45, 2.75) is 24.8 Å². The van der Waals surface area contributed by atoms with Crippen molar-refractivity contribution in [1.29, 1.82) is 0 Å². The first-order chi connectivity index (χ1) is 14.8. The van der Waals surface area contributed by atoms with Crippen molar-refractivity contribution in [2.75, 3.05) is 18.2 Å². The molecule has 31 heavy (non-hydrogen) atoms. The molecule has 3 aromatic carbocycles. The summed E-state index contributed by atoms with van der Waals surface area (Å²) in [7, 11) is -1.61. The van der Waals surface area contributed by atoms with Gasteiger partial charge in [0.05, 0.1) is 28.7 Å². The molecule has 0 unspecified atom stereocenters. The van der Waals surface area contributed by atoms with E-state index in [1.54, 1.807) is 38.3 Å². The van der Waals surface area contributed by atoms with Gasteiger partial charge in [-0.15, -0.1) is 0 Å². The average molecular weight is 458 g/mol. The van der Waals surface area contributed by atoms with Gasteiger partial charge in [-0.2, -0.15) is 0 Å². The third kappa shape index (κ3) is 5.73. The van der Waals surface area contributed by atoms with Crippen LogP contribution in [0.1, 0.15) is 18.1 Å². The van der Waals surface area contributed by atoms with Crippen molar-refractivity contribution in [1.82, 2.24) is 0 Å². The molecule has 0 fully saturated rings. The second kappa shape index (κ2) is 10.1. The third-order valence-corrected chi connectivity index (χ3v) is 6.95. The van der Waals surface area contributed by atoms with Gasteiger partial charge in [-0.1, -0.05) is 61.0 Å². The average Bonchev–Trinajstić information content (AvgIpc) is 2.75. The molecular weight excluding hydrogens is 434 g/mol. The minimum absolute atomic E-state index is 0.0412. The number of halogens is 1. The molecule has 0 aromatic heterocycles. The number of carbonyl (C=O) groups excluding carboxylic acids is 1. The maximum Gasteiger partial charge on any atom is 0.228 e. The predicted octanol–water partition coefficient (Wildman–Crippen LogP) is 5.13. The number of sulfone groups is 1. The molecule has 0 aliphatic carbocycles. The zero-order valence-corrected chi connectivity index (χ0v) is 19.0. The van der Waals surface area contributed by atoms with Crippen LogP contribution in [0.2, 0.25) is 5.02 Å². The molecule has 3 aromatic rings. The minimum atomic E-state index is -3.25. The molecule has 0 aliphatic heterocycles. The van der Waals surface area contributed by atoms with Crippen molar-refractivity contribution in [3.05, 3.63) is 82.9 Å². The monoisotopic (exact) mass is 457 g/mol. The Labute approximate surface area is 187 Å². The van der Waals surface area contributed by atoms with Crippen LogP contribution in [0.15, 0.2) is 71.6 Å². The lowest BCUT2D eigenvalue weighted by Gasteiger charge is -2.12. The van der Waals surface area contributed by atoms with Crippen LogP contribution in [0, 0.1) is 0 Å². The van der Waals surface area contributed by atoms with Crippen LogP contribution >= 0.6 is 11.6 Å². The summed E-state index contributed by atoms with van der Waals surface area (Å²) in [5.74, 6) is -0.172. The highest BCUT2D eigenvalue weighted by Gasteiger charge is 2.13. The Morgan fingerprint density at radius 2 is 1.71 bits per heavy atom. The first-order valence-electron chi connectivity index (χ1n) is 9.82. The molecule has 0 atom stereocenters. The number of hydrogen-bond donors (Lipinski definition) is 1. The summed E-state index contributed by atoms with van der Waals surface area (Å²) in [5, 5.41) is 3.36. The van der Waals surface area contributed by atoms with E-state index in [9.17, 15) is 13.2 Å². The van der Waals surface area contributed by atoms with Gasteiger partial charge in [0.1, 0.15) is 0 Å². The molecule has 0 spiro atoms. The van der Waals surface area contributed by atoms with E-state index in [1.807, 2.05) is 30.3 Å². The van der Waals surface area contributed by atoms with Crippen LogP contribution in [0.3, 0.4) is 0 Å². The van der Waals surface area contributed by atoms with Gasteiger partial charge in [-0.25, -0.2) is 8.42 Å². The molecule has 0 heterocycles. The molecule has 0 aliphatic rings. The summed E-state index contributed by atoms with van der Waals surface area (Å²) in [5.41, 5.74) is 4.18. The Hall–Kier alpha value is -2.67. The lowest BCUT2D eigenvalue weighted by Crippen LogP contribution is -2.14. The largest absolute Gasteiger partial charge is 0.380 e. The fourth-order valence-corrected chi connectivity index (χ4v) is 4.41. The fourth-order valence-electron chi connectivity index (χ4n) is 3.25. The second-order valence-corrected chi connectivity index (χ2v) is 9.74. The highest BCUT2D eigenvalue weighted by atomic mass is 35.5. The van der Waals surface area contributed by atoms with Crippen molar-refractivity contribution in [3.63, 3.8) is 0 Å². The molecule has 1 amide bonds. The number of anilines is 1. The molecule has 7 heteroatoms. The molecule has 0 radical (unpaired) electrons. The number of hydrogen-bond acceptors (Lipinski definition) is 4.